The van der Waals surface area contributed by atoms with Crippen molar-refractivity contribution in [2.45, 2.75) is 26.1 Å². The van der Waals surface area contributed by atoms with Crippen LogP contribution in [0.4, 0.5) is 8.78 Å². The van der Waals surface area contributed by atoms with Gasteiger partial charge in [0.25, 0.3) is 5.89 Å². The molecule has 122 valence electrons. The number of imidazole rings is 1. The molecular weight excluding hydrogens is 324 g/mol. The van der Waals surface area contributed by atoms with Crippen molar-refractivity contribution in [1.82, 2.24) is 24.6 Å². The Morgan fingerprint density at radius 3 is 2.91 bits per heavy atom. The molecule has 0 saturated carbocycles. The van der Waals surface area contributed by atoms with Gasteiger partial charge in [-0.3, -0.25) is 9.47 Å². The molecule has 0 unspecified atom stereocenters. The van der Waals surface area contributed by atoms with E-state index in [0.29, 0.717) is 11.8 Å². The Kier molecular flexibility index (Phi) is 4.49. The van der Waals surface area contributed by atoms with Crippen molar-refractivity contribution in [3.8, 4) is 10.8 Å². The van der Waals surface area contributed by atoms with Gasteiger partial charge in [-0.15, -0.1) is 21.5 Å². The lowest BCUT2D eigenvalue weighted by Crippen LogP contribution is -2.24. The van der Waals surface area contributed by atoms with Crippen LogP contribution >= 0.6 is 11.3 Å². The second-order valence-corrected chi connectivity index (χ2v) is 5.99. The Labute approximate surface area is 135 Å². The molecule has 3 aromatic rings. The van der Waals surface area contributed by atoms with Crippen LogP contribution in [0.5, 0.6) is 0 Å². The number of aromatic nitrogens is 4. The summed E-state index contributed by atoms with van der Waals surface area (Å²) in [5.41, 5.74) is 0. The molecule has 3 heterocycles. The molecule has 3 rings (SSSR count). The molecule has 0 aliphatic carbocycles. The topological polar surface area (TPSA) is 60.0 Å². The maximum atomic E-state index is 12.9. The molecule has 0 fully saturated rings. The van der Waals surface area contributed by atoms with E-state index in [-0.39, 0.29) is 18.4 Å². The van der Waals surface area contributed by atoms with Crippen molar-refractivity contribution in [2.24, 2.45) is 0 Å². The van der Waals surface area contributed by atoms with Crippen LogP contribution in [0.1, 0.15) is 31.2 Å². The fourth-order valence-corrected chi connectivity index (χ4v) is 2.74. The van der Waals surface area contributed by atoms with Gasteiger partial charge in [-0.1, -0.05) is 6.07 Å². The summed E-state index contributed by atoms with van der Waals surface area (Å²) < 4.78 is 32.2. The lowest BCUT2D eigenvalue weighted by atomic mass is 10.3. The van der Waals surface area contributed by atoms with Gasteiger partial charge in [0, 0.05) is 12.4 Å². The van der Waals surface area contributed by atoms with Crippen molar-refractivity contribution in [2.75, 3.05) is 7.05 Å². The summed E-state index contributed by atoms with van der Waals surface area (Å²) in [6, 6.07) is 3.58. The van der Waals surface area contributed by atoms with Crippen LogP contribution in [-0.2, 0) is 6.54 Å². The van der Waals surface area contributed by atoms with Crippen LogP contribution < -0.4 is 0 Å². The molecule has 0 radical (unpaired) electrons. The number of alkyl halides is 2. The van der Waals surface area contributed by atoms with E-state index in [9.17, 15) is 8.78 Å². The highest BCUT2D eigenvalue weighted by molar-refractivity contribution is 7.13. The lowest BCUT2D eigenvalue weighted by molar-refractivity contribution is 0.0632. The molecule has 0 N–H and O–H groups in total. The Bertz CT molecular complexity index is 755. The summed E-state index contributed by atoms with van der Waals surface area (Å²) in [7, 11) is 1.80. The van der Waals surface area contributed by atoms with Gasteiger partial charge in [0.1, 0.15) is 5.82 Å². The van der Waals surface area contributed by atoms with Crippen molar-refractivity contribution < 1.29 is 13.2 Å². The predicted molar refractivity (Wildman–Crippen MR) is 81.0 cm³/mol. The lowest BCUT2D eigenvalue weighted by Gasteiger charge is -2.21. The average Bonchev–Trinajstić information content (AvgIpc) is 3.26. The zero-order valence-electron chi connectivity index (χ0n) is 12.6. The minimum Gasteiger partial charge on any atom is -0.418 e. The first kappa shape index (κ1) is 15.8. The first-order valence-electron chi connectivity index (χ1n) is 6.93. The van der Waals surface area contributed by atoms with Crippen molar-refractivity contribution in [3.05, 3.63) is 41.6 Å². The first-order valence-corrected chi connectivity index (χ1v) is 7.81. The molecule has 0 bridgehead atoms. The number of thiophene rings is 1. The quantitative estimate of drug-likeness (QED) is 0.687. The Morgan fingerprint density at radius 1 is 1.39 bits per heavy atom. The number of hydrogen-bond acceptors (Lipinski definition) is 6. The summed E-state index contributed by atoms with van der Waals surface area (Å²) in [6.07, 6.45) is 2.63. The van der Waals surface area contributed by atoms with Gasteiger partial charge in [-0.2, -0.15) is 8.78 Å². The van der Waals surface area contributed by atoms with Crippen molar-refractivity contribution in [3.63, 3.8) is 0 Å². The van der Waals surface area contributed by atoms with Gasteiger partial charge in [-0.25, -0.2) is 4.98 Å². The highest BCUT2D eigenvalue weighted by Gasteiger charge is 2.22. The van der Waals surface area contributed by atoms with Crippen LogP contribution in [0.3, 0.4) is 0 Å². The molecule has 23 heavy (non-hydrogen) atoms. The van der Waals surface area contributed by atoms with Gasteiger partial charge in [0.05, 0.1) is 17.5 Å². The van der Waals surface area contributed by atoms with E-state index in [1.54, 1.807) is 7.05 Å². The van der Waals surface area contributed by atoms with E-state index in [1.807, 2.05) is 29.3 Å². The number of halogens is 2. The highest BCUT2D eigenvalue weighted by Crippen LogP contribution is 2.27. The minimum absolute atomic E-state index is 0.223. The largest absolute Gasteiger partial charge is 0.418 e. The van der Waals surface area contributed by atoms with Crippen LogP contribution in [0.2, 0.25) is 0 Å². The van der Waals surface area contributed by atoms with Gasteiger partial charge in [0.2, 0.25) is 5.89 Å². The fourth-order valence-electron chi connectivity index (χ4n) is 2.10. The zero-order valence-corrected chi connectivity index (χ0v) is 13.4. The average molecular weight is 339 g/mol. The molecule has 0 aromatic carbocycles. The van der Waals surface area contributed by atoms with Crippen LogP contribution in [-0.4, -0.2) is 31.7 Å². The van der Waals surface area contributed by atoms with E-state index >= 15 is 0 Å². The molecule has 0 aliphatic heterocycles. The second-order valence-electron chi connectivity index (χ2n) is 5.04. The maximum absolute atomic E-state index is 12.9. The Balaban J connectivity index is 1.72. The first-order chi connectivity index (χ1) is 11.1. The molecule has 0 saturated heterocycles. The third-order valence-corrected chi connectivity index (χ3v) is 4.40. The summed E-state index contributed by atoms with van der Waals surface area (Å²) in [5.74, 6) is 1.18. The summed E-state index contributed by atoms with van der Waals surface area (Å²) in [6.45, 7) is -0.485. The second kappa shape index (κ2) is 6.55. The van der Waals surface area contributed by atoms with Crippen molar-refractivity contribution in [1.29, 1.82) is 0 Å². The van der Waals surface area contributed by atoms with Crippen molar-refractivity contribution >= 4 is 11.3 Å². The molecular formula is C14H15F2N5OS. The normalized spacial score (nSPS) is 13.1. The Hall–Kier alpha value is -2.13. The zero-order chi connectivity index (χ0) is 16.4. The van der Waals surface area contributed by atoms with E-state index in [4.69, 9.17) is 4.42 Å². The van der Waals surface area contributed by atoms with Gasteiger partial charge in [-0.05, 0) is 25.4 Å². The third-order valence-electron chi connectivity index (χ3n) is 3.54. The number of rotatable bonds is 6. The monoisotopic (exact) mass is 339 g/mol. The summed E-state index contributed by atoms with van der Waals surface area (Å²) in [4.78, 5) is 6.70. The molecule has 1 atom stereocenters. The highest BCUT2D eigenvalue weighted by atomic mass is 32.1. The summed E-state index contributed by atoms with van der Waals surface area (Å²) in [5, 5.41) is 10.0. The van der Waals surface area contributed by atoms with Crippen LogP contribution in [0, 0.1) is 0 Å². The van der Waals surface area contributed by atoms with E-state index < -0.39 is 6.55 Å². The van der Waals surface area contributed by atoms with E-state index in [2.05, 4.69) is 15.2 Å². The molecule has 0 spiro atoms. The maximum Gasteiger partial charge on any atom is 0.319 e. The molecule has 0 aliphatic rings. The van der Waals surface area contributed by atoms with E-state index in [1.165, 1.54) is 23.7 Å². The molecule has 3 aromatic heterocycles. The van der Waals surface area contributed by atoms with Crippen LogP contribution in [0.25, 0.3) is 10.8 Å². The minimum atomic E-state index is -2.61. The van der Waals surface area contributed by atoms with Crippen LogP contribution in [0.15, 0.2) is 34.3 Å². The fraction of sp³-hybridized carbons (Fsp3) is 0.357. The standard InChI is InChI=1S/C14H15F2N5OS/c1-9(12-18-19-13(22-12)10-4-3-7-23-10)20(2)8-11-17-5-6-21(11)14(15)16/h3-7,9,14H,8H2,1-2H3/t9-/m1/s1. The van der Waals surface area contributed by atoms with E-state index in [0.717, 1.165) is 9.44 Å². The Morgan fingerprint density at radius 2 is 2.22 bits per heavy atom. The summed E-state index contributed by atoms with van der Waals surface area (Å²) >= 11 is 1.51. The number of nitrogens with zero attached hydrogens (tertiary/aromatic N) is 5. The van der Waals surface area contributed by atoms with Gasteiger partial charge >= 0.3 is 6.55 Å². The predicted octanol–water partition coefficient (Wildman–Crippen LogP) is 3.58. The SMILES string of the molecule is C[C@H](c1nnc(-c2cccs2)o1)N(C)Cc1nccn1C(F)F. The van der Waals surface area contributed by atoms with Gasteiger partial charge in [0.15, 0.2) is 0 Å². The van der Waals surface area contributed by atoms with Gasteiger partial charge < -0.3 is 4.42 Å². The third kappa shape index (κ3) is 3.30. The molecule has 0 amide bonds. The smallest absolute Gasteiger partial charge is 0.319 e. The molecule has 9 heteroatoms. The number of hydrogen-bond donors (Lipinski definition) is 0. The molecule has 6 nitrogen and oxygen atoms in total.